The van der Waals surface area contributed by atoms with Crippen molar-refractivity contribution in [3.63, 3.8) is 0 Å². The highest BCUT2D eigenvalue weighted by molar-refractivity contribution is 6.30. The Hall–Kier alpha value is -0.760. The molecule has 0 radical (unpaired) electrons. The van der Waals surface area contributed by atoms with Crippen molar-refractivity contribution < 1.29 is 9.21 Å². The lowest BCUT2D eigenvalue weighted by Crippen LogP contribution is -1.99. The van der Waals surface area contributed by atoms with E-state index in [0.29, 0.717) is 11.3 Å². The number of furan rings is 1. The van der Waals surface area contributed by atoms with Gasteiger partial charge in [-0.25, -0.2) is 0 Å². The summed E-state index contributed by atoms with van der Waals surface area (Å²) in [7, 11) is 0. The van der Waals surface area contributed by atoms with Crippen LogP contribution in [-0.4, -0.2) is 11.7 Å². The van der Waals surface area contributed by atoms with Crippen molar-refractivity contribution in [2.75, 3.05) is 5.88 Å². The van der Waals surface area contributed by atoms with Crippen molar-refractivity contribution in [2.45, 2.75) is 13.8 Å². The van der Waals surface area contributed by atoms with Gasteiger partial charge in [0.1, 0.15) is 11.5 Å². The first kappa shape index (κ1) is 8.34. The first-order valence-corrected chi connectivity index (χ1v) is 3.85. The topological polar surface area (TPSA) is 30.2 Å². The Kier molecular flexibility index (Phi) is 2.35. The fourth-order valence-corrected chi connectivity index (χ4v) is 1.12. The van der Waals surface area contributed by atoms with Crippen molar-refractivity contribution >= 4 is 17.4 Å². The predicted molar refractivity (Wildman–Crippen MR) is 43.2 cm³/mol. The summed E-state index contributed by atoms with van der Waals surface area (Å²) in [6, 6.07) is 1.71. The van der Waals surface area contributed by atoms with Gasteiger partial charge in [0.05, 0.1) is 11.4 Å². The lowest BCUT2D eigenvalue weighted by Gasteiger charge is -1.89. The maximum atomic E-state index is 11.1. The van der Waals surface area contributed by atoms with Crippen molar-refractivity contribution in [2.24, 2.45) is 0 Å². The van der Waals surface area contributed by atoms with Crippen LogP contribution in [0.5, 0.6) is 0 Å². The van der Waals surface area contributed by atoms with Crippen LogP contribution in [0.2, 0.25) is 0 Å². The highest BCUT2D eigenvalue weighted by Crippen LogP contribution is 2.14. The average molecular weight is 173 g/mol. The molecule has 0 amide bonds. The van der Waals surface area contributed by atoms with E-state index in [0.717, 1.165) is 5.76 Å². The summed E-state index contributed by atoms with van der Waals surface area (Å²) in [5, 5.41) is 0. The Labute approximate surface area is 70.2 Å². The number of rotatable bonds is 2. The molecule has 0 atom stereocenters. The fourth-order valence-electron chi connectivity index (χ4n) is 0.980. The molecule has 1 rings (SSSR count). The van der Waals surface area contributed by atoms with Gasteiger partial charge in [-0.05, 0) is 19.9 Å². The molecular weight excluding hydrogens is 164 g/mol. The van der Waals surface area contributed by atoms with Crippen molar-refractivity contribution in [3.05, 3.63) is 23.2 Å². The molecule has 0 saturated carbocycles. The third-order valence-corrected chi connectivity index (χ3v) is 1.71. The Bertz CT molecular complexity index is 276. The summed E-state index contributed by atoms with van der Waals surface area (Å²) in [6.07, 6.45) is 0. The molecule has 0 aromatic carbocycles. The van der Waals surface area contributed by atoms with Crippen LogP contribution in [0.3, 0.4) is 0 Å². The highest BCUT2D eigenvalue weighted by atomic mass is 35.5. The summed E-state index contributed by atoms with van der Waals surface area (Å²) in [6.45, 7) is 3.56. The Balaban J connectivity index is 3.03. The van der Waals surface area contributed by atoms with Gasteiger partial charge in [0.2, 0.25) is 0 Å². The van der Waals surface area contributed by atoms with Gasteiger partial charge >= 0.3 is 0 Å². The van der Waals surface area contributed by atoms with Gasteiger partial charge in [0.15, 0.2) is 5.78 Å². The molecule has 0 saturated heterocycles. The minimum absolute atomic E-state index is 0.0137. The summed E-state index contributed by atoms with van der Waals surface area (Å²) in [5.74, 6) is 1.32. The van der Waals surface area contributed by atoms with Crippen LogP contribution >= 0.6 is 11.6 Å². The standard InChI is InChI=1S/C8H9ClO2/c1-5-3-7(6(2)11-5)8(10)4-9/h3H,4H2,1-2H3. The molecule has 0 aliphatic heterocycles. The summed E-state index contributed by atoms with van der Waals surface area (Å²) < 4.78 is 5.16. The molecule has 1 aromatic rings. The maximum Gasteiger partial charge on any atom is 0.181 e. The number of halogens is 1. The molecule has 1 heterocycles. The van der Waals surface area contributed by atoms with E-state index in [1.807, 2.05) is 0 Å². The van der Waals surface area contributed by atoms with E-state index < -0.39 is 0 Å². The van der Waals surface area contributed by atoms with Crippen molar-refractivity contribution in [3.8, 4) is 0 Å². The van der Waals surface area contributed by atoms with Crippen LogP contribution in [0, 0.1) is 13.8 Å². The fraction of sp³-hybridized carbons (Fsp3) is 0.375. The molecule has 0 spiro atoms. The third kappa shape index (κ3) is 1.63. The van der Waals surface area contributed by atoms with Gasteiger partial charge in [0.25, 0.3) is 0 Å². The van der Waals surface area contributed by atoms with E-state index in [9.17, 15) is 4.79 Å². The van der Waals surface area contributed by atoms with E-state index in [1.54, 1.807) is 19.9 Å². The Morgan fingerprint density at radius 3 is 2.64 bits per heavy atom. The van der Waals surface area contributed by atoms with Crippen LogP contribution in [0.1, 0.15) is 21.9 Å². The number of aryl methyl sites for hydroxylation is 2. The minimum atomic E-state index is -0.0824. The molecule has 0 aliphatic carbocycles. The van der Waals surface area contributed by atoms with Crippen molar-refractivity contribution in [1.29, 1.82) is 0 Å². The Morgan fingerprint density at radius 1 is 1.64 bits per heavy atom. The molecule has 3 heteroatoms. The van der Waals surface area contributed by atoms with E-state index in [1.165, 1.54) is 0 Å². The highest BCUT2D eigenvalue weighted by Gasteiger charge is 2.11. The maximum absolute atomic E-state index is 11.1. The van der Waals surface area contributed by atoms with Crippen LogP contribution in [0.4, 0.5) is 0 Å². The lowest BCUT2D eigenvalue weighted by atomic mass is 10.2. The number of hydrogen-bond donors (Lipinski definition) is 0. The number of carbonyl (C=O) groups is 1. The molecule has 2 nitrogen and oxygen atoms in total. The zero-order valence-electron chi connectivity index (χ0n) is 6.48. The summed E-state index contributed by atoms with van der Waals surface area (Å²) in [4.78, 5) is 11.1. The second-order valence-corrected chi connectivity index (χ2v) is 2.65. The van der Waals surface area contributed by atoms with Crippen LogP contribution < -0.4 is 0 Å². The quantitative estimate of drug-likeness (QED) is 0.506. The van der Waals surface area contributed by atoms with E-state index in [2.05, 4.69) is 0 Å². The van der Waals surface area contributed by atoms with E-state index in [-0.39, 0.29) is 11.7 Å². The largest absolute Gasteiger partial charge is 0.466 e. The molecule has 0 N–H and O–H groups in total. The normalized spacial score (nSPS) is 10.1. The van der Waals surface area contributed by atoms with E-state index >= 15 is 0 Å². The average Bonchev–Trinajstić information content (AvgIpc) is 2.28. The molecule has 0 fully saturated rings. The molecule has 1 aromatic heterocycles. The molecular formula is C8H9ClO2. The molecule has 0 aliphatic rings. The van der Waals surface area contributed by atoms with Crippen LogP contribution in [-0.2, 0) is 0 Å². The van der Waals surface area contributed by atoms with Crippen LogP contribution in [0.15, 0.2) is 10.5 Å². The SMILES string of the molecule is Cc1cc(C(=O)CCl)c(C)o1. The van der Waals surface area contributed by atoms with Crippen LogP contribution in [0.25, 0.3) is 0 Å². The smallest absolute Gasteiger partial charge is 0.181 e. The number of ketones is 1. The zero-order chi connectivity index (χ0) is 8.43. The molecule has 11 heavy (non-hydrogen) atoms. The summed E-state index contributed by atoms with van der Waals surface area (Å²) >= 11 is 5.38. The number of alkyl halides is 1. The number of hydrogen-bond acceptors (Lipinski definition) is 2. The molecule has 0 unspecified atom stereocenters. The monoisotopic (exact) mass is 172 g/mol. The van der Waals surface area contributed by atoms with Gasteiger partial charge < -0.3 is 4.42 Å². The van der Waals surface area contributed by atoms with E-state index in [4.69, 9.17) is 16.0 Å². The van der Waals surface area contributed by atoms with Crippen molar-refractivity contribution in [1.82, 2.24) is 0 Å². The summed E-state index contributed by atoms with van der Waals surface area (Å²) in [5.41, 5.74) is 0.595. The molecule has 0 bridgehead atoms. The number of carbonyl (C=O) groups excluding carboxylic acids is 1. The minimum Gasteiger partial charge on any atom is -0.466 e. The molecule has 60 valence electrons. The first-order chi connectivity index (χ1) is 5.15. The van der Waals surface area contributed by atoms with Gasteiger partial charge in [-0.1, -0.05) is 0 Å². The number of Topliss-reactive ketones (excluding diaryl/α,β-unsaturated/α-hetero) is 1. The zero-order valence-corrected chi connectivity index (χ0v) is 7.23. The second kappa shape index (κ2) is 3.09. The Morgan fingerprint density at radius 2 is 2.27 bits per heavy atom. The van der Waals surface area contributed by atoms with Gasteiger partial charge in [0, 0.05) is 0 Å². The van der Waals surface area contributed by atoms with Gasteiger partial charge in [-0.3, -0.25) is 4.79 Å². The first-order valence-electron chi connectivity index (χ1n) is 3.31. The predicted octanol–water partition coefficient (Wildman–Crippen LogP) is 2.32. The van der Waals surface area contributed by atoms with Gasteiger partial charge in [-0.15, -0.1) is 11.6 Å². The van der Waals surface area contributed by atoms with Gasteiger partial charge in [-0.2, -0.15) is 0 Å². The third-order valence-electron chi connectivity index (χ3n) is 1.46. The lowest BCUT2D eigenvalue weighted by molar-refractivity contribution is 0.101. The second-order valence-electron chi connectivity index (χ2n) is 2.38.